The lowest BCUT2D eigenvalue weighted by Crippen LogP contribution is -2.55. The van der Waals surface area contributed by atoms with E-state index >= 15 is 0 Å². The summed E-state index contributed by atoms with van der Waals surface area (Å²) >= 11 is 0. The highest BCUT2D eigenvalue weighted by molar-refractivity contribution is 7.80. The summed E-state index contributed by atoms with van der Waals surface area (Å²) < 4.78 is 37.5. The van der Waals surface area contributed by atoms with E-state index in [1.807, 2.05) is 13.0 Å². The van der Waals surface area contributed by atoms with Crippen LogP contribution in [0.1, 0.15) is 58.8 Å². The number of hydrogen-bond donors (Lipinski definition) is 2. The summed E-state index contributed by atoms with van der Waals surface area (Å²) in [6.45, 7) is 4.23. The standard InChI is InChI=1S/C19H28O6S/c1-18-7-5-12(20)9-11(18)10-15(25-26(22,23)24)17-13-3-4-16(21)19(13,2)8-6-14(17)18/h10,12-15,17,20H,3-9H2,1-2H3,(H,22,23,24)/t12-,13?,14?,15+,17?,18-,19-/m0/s1. The quantitative estimate of drug-likeness (QED) is 0.561. The number of Topliss-reactive ketones (excluding diaryl/α,β-unsaturated/α-hetero) is 1. The zero-order chi connectivity index (χ0) is 18.9. The molecular weight excluding hydrogens is 356 g/mol. The summed E-state index contributed by atoms with van der Waals surface area (Å²) in [5.74, 6) is 0.435. The molecule has 0 radical (unpaired) electrons. The summed E-state index contributed by atoms with van der Waals surface area (Å²) in [4.78, 5) is 12.5. The Morgan fingerprint density at radius 3 is 2.46 bits per heavy atom. The summed E-state index contributed by atoms with van der Waals surface area (Å²) in [5.41, 5.74) is 0.521. The van der Waals surface area contributed by atoms with Crippen LogP contribution in [0.25, 0.3) is 0 Å². The molecule has 3 fully saturated rings. The second-order valence-corrected chi connectivity index (χ2v) is 10.3. The topological polar surface area (TPSA) is 101 Å². The van der Waals surface area contributed by atoms with Crippen molar-refractivity contribution >= 4 is 16.2 Å². The summed E-state index contributed by atoms with van der Waals surface area (Å²) in [7, 11) is -4.60. The van der Waals surface area contributed by atoms with Crippen molar-refractivity contribution in [3.05, 3.63) is 11.6 Å². The minimum absolute atomic E-state index is 0.0713. The highest BCUT2D eigenvalue weighted by Gasteiger charge is 2.61. The smallest absolute Gasteiger partial charge is 0.393 e. The normalized spacial score (nSPS) is 48.4. The molecule has 0 bridgehead atoms. The van der Waals surface area contributed by atoms with E-state index in [1.165, 1.54) is 0 Å². The highest BCUT2D eigenvalue weighted by Crippen LogP contribution is 2.64. The van der Waals surface area contributed by atoms with Crippen LogP contribution >= 0.6 is 0 Å². The Kier molecular flexibility index (Phi) is 4.20. The van der Waals surface area contributed by atoms with Gasteiger partial charge in [-0.25, -0.2) is 4.18 Å². The lowest BCUT2D eigenvalue weighted by Gasteiger charge is -2.58. The molecule has 0 amide bonds. The molecule has 26 heavy (non-hydrogen) atoms. The van der Waals surface area contributed by atoms with Crippen LogP contribution in [0, 0.1) is 28.6 Å². The Morgan fingerprint density at radius 1 is 1.12 bits per heavy atom. The lowest BCUT2D eigenvalue weighted by molar-refractivity contribution is -0.134. The van der Waals surface area contributed by atoms with Crippen LogP contribution in [-0.4, -0.2) is 36.1 Å². The molecule has 0 aromatic heterocycles. The molecular formula is C19H28O6S. The molecule has 0 aliphatic heterocycles. The molecule has 7 atom stereocenters. The number of fused-ring (bicyclic) bond motifs is 5. The number of aliphatic hydroxyl groups excluding tert-OH is 1. The average Bonchev–Trinajstić information content (AvgIpc) is 2.83. The maximum Gasteiger partial charge on any atom is 0.397 e. The van der Waals surface area contributed by atoms with Crippen molar-refractivity contribution in [3.8, 4) is 0 Å². The molecule has 0 aromatic rings. The molecule has 0 spiro atoms. The maximum absolute atomic E-state index is 12.5. The second-order valence-electron chi connectivity index (χ2n) is 9.20. The molecule has 3 unspecified atom stereocenters. The fraction of sp³-hybridized carbons (Fsp3) is 0.842. The van der Waals surface area contributed by atoms with Gasteiger partial charge < -0.3 is 5.11 Å². The fourth-order valence-corrected chi connectivity index (χ4v) is 7.07. The summed E-state index contributed by atoms with van der Waals surface area (Å²) in [6, 6.07) is 0. The number of carbonyl (C=O) groups is 1. The predicted octanol–water partition coefficient (Wildman–Crippen LogP) is 2.68. The maximum atomic E-state index is 12.5. The van der Waals surface area contributed by atoms with Crippen LogP contribution in [0.5, 0.6) is 0 Å². The molecule has 6 nitrogen and oxygen atoms in total. The van der Waals surface area contributed by atoms with Gasteiger partial charge in [0.05, 0.1) is 6.10 Å². The third-order valence-corrected chi connectivity index (χ3v) is 8.49. The van der Waals surface area contributed by atoms with Crippen molar-refractivity contribution in [2.24, 2.45) is 28.6 Å². The molecule has 4 aliphatic carbocycles. The summed E-state index contributed by atoms with van der Waals surface area (Å²) in [5, 5.41) is 10.1. The Labute approximate surface area is 155 Å². The fourth-order valence-electron chi connectivity index (χ4n) is 6.61. The van der Waals surface area contributed by atoms with Gasteiger partial charge in [-0.2, -0.15) is 8.42 Å². The van der Waals surface area contributed by atoms with E-state index in [1.54, 1.807) is 0 Å². The van der Waals surface area contributed by atoms with Gasteiger partial charge in [-0.3, -0.25) is 9.35 Å². The third-order valence-electron chi connectivity index (χ3n) is 8.02. The molecule has 2 N–H and O–H groups in total. The monoisotopic (exact) mass is 384 g/mol. The van der Waals surface area contributed by atoms with Gasteiger partial charge in [0.1, 0.15) is 11.9 Å². The predicted molar refractivity (Wildman–Crippen MR) is 94.5 cm³/mol. The van der Waals surface area contributed by atoms with Crippen molar-refractivity contribution in [3.63, 3.8) is 0 Å². The number of aliphatic hydroxyl groups is 1. The first-order chi connectivity index (χ1) is 12.0. The van der Waals surface area contributed by atoms with Crippen LogP contribution in [-0.2, 0) is 19.4 Å². The van der Waals surface area contributed by atoms with E-state index in [4.69, 9.17) is 4.18 Å². The molecule has 0 saturated heterocycles. The Bertz CT molecular complexity index is 758. The highest BCUT2D eigenvalue weighted by atomic mass is 32.3. The third kappa shape index (κ3) is 2.70. The van der Waals surface area contributed by atoms with E-state index in [-0.39, 0.29) is 29.0 Å². The lowest BCUT2D eigenvalue weighted by atomic mass is 9.47. The van der Waals surface area contributed by atoms with E-state index in [9.17, 15) is 22.9 Å². The zero-order valence-electron chi connectivity index (χ0n) is 15.3. The van der Waals surface area contributed by atoms with Gasteiger partial charge in [0.25, 0.3) is 0 Å². The molecule has 146 valence electrons. The van der Waals surface area contributed by atoms with Crippen LogP contribution < -0.4 is 0 Å². The molecule has 3 saturated carbocycles. The molecule has 4 rings (SSSR count). The Hall–Kier alpha value is -0.760. The Morgan fingerprint density at radius 2 is 1.77 bits per heavy atom. The van der Waals surface area contributed by atoms with E-state index < -0.39 is 28.0 Å². The summed E-state index contributed by atoms with van der Waals surface area (Å²) in [6.07, 6.45) is 5.72. The van der Waals surface area contributed by atoms with Gasteiger partial charge in [-0.05, 0) is 61.7 Å². The first-order valence-corrected chi connectivity index (χ1v) is 11.0. The van der Waals surface area contributed by atoms with Crippen molar-refractivity contribution < 1.29 is 27.1 Å². The average molecular weight is 384 g/mol. The van der Waals surface area contributed by atoms with E-state index in [2.05, 4.69) is 6.92 Å². The van der Waals surface area contributed by atoms with Crippen LogP contribution in [0.3, 0.4) is 0 Å². The molecule has 0 aromatic carbocycles. The van der Waals surface area contributed by atoms with E-state index in [0.29, 0.717) is 12.8 Å². The van der Waals surface area contributed by atoms with Crippen LogP contribution in [0.4, 0.5) is 0 Å². The van der Waals surface area contributed by atoms with Gasteiger partial charge in [0, 0.05) is 11.8 Å². The van der Waals surface area contributed by atoms with Gasteiger partial charge in [0.15, 0.2) is 0 Å². The van der Waals surface area contributed by atoms with Gasteiger partial charge >= 0.3 is 10.4 Å². The minimum atomic E-state index is -4.60. The number of rotatable bonds is 2. The van der Waals surface area contributed by atoms with Crippen LogP contribution in [0.2, 0.25) is 0 Å². The van der Waals surface area contributed by atoms with Gasteiger partial charge in [-0.1, -0.05) is 25.5 Å². The molecule has 0 heterocycles. The molecule has 4 aliphatic rings. The van der Waals surface area contributed by atoms with Crippen molar-refractivity contribution in [1.29, 1.82) is 0 Å². The minimum Gasteiger partial charge on any atom is -0.393 e. The van der Waals surface area contributed by atoms with Crippen molar-refractivity contribution in [2.45, 2.75) is 71.0 Å². The molecule has 7 heteroatoms. The van der Waals surface area contributed by atoms with Crippen LogP contribution in [0.15, 0.2) is 11.6 Å². The number of carbonyl (C=O) groups excluding carboxylic acids is 1. The van der Waals surface area contributed by atoms with E-state index in [0.717, 1.165) is 37.7 Å². The first-order valence-electron chi connectivity index (χ1n) is 9.63. The largest absolute Gasteiger partial charge is 0.397 e. The SMILES string of the molecule is C[C@]12CC[C@H](O)CC1=C[C@@H](OS(=O)(=O)O)C1C2CC[C@]2(C)C(=O)CCC12. The first kappa shape index (κ1) is 18.6. The second kappa shape index (κ2) is 5.87. The van der Waals surface area contributed by atoms with Crippen molar-refractivity contribution in [2.75, 3.05) is 0 Å². The number of ketones is 1. The van der Waals surface area contributed by atoms with Gasteiger partial charge in [-0.15, -0.1) is 0 Å². The van der Waals surface area contributed by atoms with Gasteiger partial charge in [0.2, 0.25) is 0 Å². The van der Waals surface area contributed by atoms with Crippen molar-refractivity contribution in [1.82, 2.24) is 0 Å². The zero-order valence-corrected chi connectivity index (χ0v) is 16.2. The Balaban J connectivity index is 1.80. The number of hydrogen-bond acceptors (Lipinski definition) is 5.